The number of aliphatic carboxylic acids is 1. The first-order valence-electron chi connectivity index (χ1n) is 5.98. The number of carbonyl (C=O) groups excluding carboxylic acids is 1. The van der Waals surface area contributed by atoms with Gasteiger partial charge in [0.2, 0.25) is 0 Å². The molecule has 6 heteroatoms. The highest BCUT2D eigenvalue weighted by Gasteiger charge is 2.10. The Kier molecular flexibility index (Phi) is 6.56. The van der Waals surface area contributed by atoms with E-state index in [-0.39, 0.29) is 25.5 Å². The molecule has 0 aliphatic carbocycles. The summed E-state index contributed by atoms with van der Waals surface area (Å²) in [7, 11) is 0. The number of esters is 1. The maximum Gasteiger partial charge on any atom is 0.321 e. The second-order valence-electron chi connectivity index (χ2n) is 4.05. The number of hydrogen-bond donors (Lipinski definition) is 3. The second-order valence-corrected chi connectivity index (χ2v) is 4.05. The van der Waals surface area contributed by atoms with Crippen LogP contribution in [0.25, 0.3) is 0 Å². The summed E-state index contributed by atoms with van der Waals surface area (Å²) >= 11 is 0. The number of carboxylic acids is 1. The summed E-state index contributed by atoms with van der Waals surface area (Å²) in [5.41, 5.74) is 6.22. The van der Waals surface area contributed by atoms with Crippen LogP contribution in [0.5, 0.6) is 0 Å². The molecule has 19 heavy (non-hydrogen) atoms. The molecule has 1 atom stereocenters. The highest BCUT2D eigenvalue weighted by Crippen LogP contribution is 2.01. The zero-order valence-corrected chi connectivity index (χ0v) is 10.5. The summed E-state index contributed by atoms with van der Waals surface area (Å²) in [5.74, 6) is -1.40. The molecular weight excluding hydrogens is 248 g/mol. The number of benzene rings is 1. The molecule has 104 valence electrons. The molecule has 0 fully saturated rings. The Labute approximate surface area is 111 Å². The van der Waals surface area contributed by atoms with Crippen LogP contribution in [0.4, 0.5) is 0 Å². The molecule has 1 rings (SSSR count). The molecule has 6 nitrogen and oxygen atoms in total. The van der Waals surface area contributed by atoms with Crippen molar-refractivity contribution in [1.82, 2.24) is 5.32 Å². The third-order valence-corrected chi connectivity index (χ3v) is 2.43. The zero-order valence-electron chi connectivity index (χ0n) is 10.5. The van der Waals surface area contributed by atoms with Gasteiger partial charge in [-0.1, -0.05) is 30.3 Å². The summed E-state index contributed by atoms with van der Waals surface area (Å²) in [6, 6.07) is 8.42. The third kappa shape index (κ3) is 6.54. The van der Waals surface area contributed by atoms with Gasteiger partial charge < -0.3 is 20.9 Å². The monoisotopic (exact) mass is 266 g/mol. The molecule has 0 amide bonds. The van der Waals surface area contributed by atoms with Crippen molar-refractivity contribution >= 4 is 11.9 Å². The SMILES string of the molecule is NC(CNCCC(=O)OCc1ccccc1)C(=O)O. The molecule has 0 aromatic heterocycles. The first-order chi connectivity index (χ1) is 9.09. The molecule has 4 N–H and O–H groups in total. The fourth-order valence-corrected chi connectivity index (χ4v) is 1.35. The molecule has 0 spiro atoms. The minimum atomic E-state index is -1.07. The number of nitrogens with two attached hydrogens (primary N) is 1. The van der Waals surface area contributed by atoms with Crippen LogP contribution in [-0.2, 0) is 20.9 Å². The average Bonchev–Trinajstić information content (AvgIpc) is 2.42. The van der Waals surface area contributed by atoms with E-state index in [1.807, 2.05) is 30.3 Å². The highest BCUT2D eigenvalue weighted by atomic mass is 16.5. The van der Waals surface area contributed by atoms with Crippen molar-refractivity contribution < 1.29 is 19.4 Å². The zero-order chi connectivity index (χ0) is 14.1. The molecule has 1 aromatic carbocycles. The number of carboxylic acid groups (broad SMARTS) is 1. The second kappa shape index (κ2) is 8.23. The molecule has 0 heterocycles. The van der Waals surface area contributed by atoms with Crippen molar-refractivity contribution in [2.45, 2.75) is 19.1 Å². The first-order valence-corrected chi connectivity index (χ1v) is 5.98. The van der Waals surface area contributed by atoms with E-state index in [1.165, 1.54) is 0 Å². The lowest BCUT2D eigenvalue weighted by molar-refractivity contribution is -0.144. The van der Waals surface area contributed by atoms with Crippen molar-refractivity contribution in [3.05, 3.63) is 35.9 Å². The Bertz CT molecular complexity index is 408. The lowest BCUT2D eigenvalue weighted by Crippen LogP contribution is -2.40. The lowest BCUT2D eigenvalue weighted by atomic mass is 10.2. The van der Waals surface area contributed by atoms with Gasteiger partial charge in [0.25, 0.3) is 0 Å². The molecule has 1 unspecified atom stereocenters. The molecule has 0 bridgehead atoms. The average molecular weight is 266 g/mol. The van der Waals surface area contributed by atoms with Crippen LogP contribution < -0.4 is 11.1 Å². The molecule has 0 aliphatic rings. The number of ether oxygens (including phenoxy) is 1. The summed E-state index contributed by atoms with van der Waals surface area (Å²) in [6.45, 7) is 0.713. The standard InChI is InChI=1S/C13H18N2O4/c14-11(13(17)18)8-15-7-6-12(16)19-9-10-4-2-1-3-5-10/h1-5,11,15H,6-9,14H2,(H,17,18). The van der Waals surface area contributed by atoms with Gasteiger partial charge in [0.1, 0.15) is 12.6 Å². The first kappa shape index (κ1) is 15.1. The van der Waals surface area contributed by atoms with E-state index in [1.54, 1.807) is 0 Å². The quantitative estimate of drug-likeness (QED) is 0.456. The van der Waals surface area contributed by atoms with E-state index in [0.717, 1.165) is 5.56 Å². The molecule has 0 saturated carbocycles. The van der Waals surface area contributed by atoms with E-state index in [9.17, 15) is 9.59 Å². The Balaban J connectivity index is 2.10. The minimum absolute atomic E-state index is 0.126. The van der Waals surface area contributed by atoms with Crippen molar-refractivity contribution in [3.63, 3.8) is 0 Å². The van der Waals surface area contributed by atoms with Crippen molar-refractivity contribution in [3.8, 4) is 0 Å². The topological polar surface area (TPSA) is 102 Å². The maximum absolute atomic E-state index is 11.4. The van der Waals surface area contributed by atoms with Gasteiger partial charge in [-0.3, -0.25) is 9.59 Å². The van der Waals surface area contributed by atoms with Gasteiger partial charge in [0.15, 0.2) is 0 Å². The normalized spacial score (nSPS) is 11.8. The number of rotatable bonds is 8. The van der Waals surface area contributed by atoms with Gasteiger partial charge >= 0.3 is 11.9 Å². The Morgan fingerprint density at radius 1 is 1.32 bits per heavy atom. The molecular formula is C13H18N2O4. The van der Waals surface area contributed by atoms with Crippen LogP contribution in [0.2, 0.25) is 0 Å². The third-order valence-electron chi connectivity index (χ3n) is 2.43. The minimum Gasteiger partial charge on any atom is -0.480 e. The molecule has 0 aliphatic heterocycles. The summed E-state index contributed by atoms with van der Waals surface area (Å²) < 4.78 is 5.06. The van der Waals surface area contributed by atoms with Crippen LogP contribution in [0.15, 0.2) is 30.3 Å². The van der Waals surface area contributed by atoms with Crippen molar-refractivity contribution in [2.75, 3.05) is 13.1 Å². The summed E-state index contributed by atoms with van der Waals surface area (Å²) in [6.07, 6.45) is 0.180. The van der Waals surface area contributed by atoms with E-state index in [0.29, 0.717) is 6.54 Å². The predicted octanol–water partition coefficient (Wildman–Crippen LogP) is 0.121. The summed E-state index contributed by atoms with van der Waals surface area (Å²) in [5, 5.41) is 11.3. The van der Waals surface area contributed by atoms with Crippen molar-refractivity contribution in [1.29, 1.82) is 0 Å². The van der Waals surface area contributed by atoms with E-state index >= 15 is 0 Å². The van der Waals surface area contributed by atoms with Gasteiger partial charge in [0.05, 0.1) is 6.42 Å². The van der Waals surface area contributed by atoms with Gasteiger partial charge in [-0.2, -0.15) is 0 Å². The summed E-state index contributed by atoms with van der Waals surface area (Å²) in [4.78, 5) is 21.8. The lowest BCUT2D eigenvalue weighted by Gasteiger charge is -2.08. The fourth-order valence-electron chi connectivity index (χ4n) is 1.35. The fraction of sp³-hybridized carbons (Fsp3) is 0.385. The largest absolute Gasteiger partial charge is 0.480 e. The Hall–Kier alpha value is -1.92. The smallest absolute Gasteiger partial charge is 0.321 e. The number of carbonyl (C=O) groups is 2. The van der Waals surface area contributed by atoms with Crippen LogP contribution in [0.1, 0.15) is 12.0 Å². The van der Waals surface area contributed by atoms with E-state index in [4.69, 9.17) is 15.6 Å². The van der Waals surface area contributed by atoms with Gasteiger partial charge in [-0.05, 0) is 5.56 Å². The van der Waals surface area contributed by atoms with Crippen LogP contribution in [0.3, 0.4) is 0 Å². The van der Waals surface area contributed by atoms with E-state index < -0.39 is 12.0 Å². The number of hydrogen-bond acceptors (Lipinski definition) is 5. The van der Waals surface area contributed by atoms with Gasteiger partial charge in [-0.25, -0.2) is 0 Å². The van der Waals surface area contributed by atoms with Crippen LogP contribution in [0, 0.1) is 0 Å². The van der Waals surface area contributed by atoms with Crippen molar-refractivity contribution in [2.24, 2.45) is 5.73 Å². The predicted molar refractivity (Wildman–Crippen MR) is 69.3 cm³/mol. The number of nitrogens with one attached hydrogen (secondary N) is 1. The van der Waals surface area contributed by atoms with Gasteiger partial charge in [-0.15, -0.1) is 0 Å². The molecule has 1 aromatic rings. The Morgan fingerprint density at radius 2 is 2.00 bits per heavy atom. The molecule has 0 radical (unpaired) electrons. The highest BCUT2D eigenvalue weighted by molar-refractivity contribution is 5.73. The Morgan fingerprint density at radius 3 is 2.63 bits per heavy atom. The van der Waals surface area contributed by atoms with E-state index in [2.05, 4.69) is 5.32 Å². The van der Waals surface area contributed by atoms with Crippen LogP contribution >= 0.6 is 0 Å². The maximum atomic E-state index is 11.4. The van der Waals surface area contributed by atoms with Crippen LogP contribution in [-0.4, -0.2) is 36.2 Å². The molecule has 0 saturated heterocycles. The van der Waals surface area contributed by atoms with Gasteiger partial charge in [0, 0.05) is 13.1 Å².